The minimum atomic E-state index is -4.77. The number of hydrogen-bond donors (Lipinski definition) is 3. The number of nitrogens with one attached hydrogen (secondary N) is 1. The predicted molar refractivity (Wildman–Crippen MR) is 207 cm³/mol. The molecule has 7 rings (SSSR count). The third-order valence-electron chi connectivity index (χ3n) is 11.5. The van der Waals surface area contributed by atoms with E-state index in [1.165, 1.54) is 12.0 Å². The number of likely N-dealkylation sites (tertiary alicyclic amines) is 1. The summed E-state index contributed by atoms with van der Waals surface area (Å²) in [7, 11) is 1.36. The monoisotopic (exact) mass is 940 g/mol. The van der Waals surface area contributed by atoms with E-state index in [0.29, 0.717) is 61.8 Å². The first kappa shape index (κ1) is 40.8. The molecule has 57 heavy (non-hydrogen) atoms. The Hall–Kier alpha value is -4.42. The number of hydrazine groups is 1. The lowest BCUT2D eigenvalue weighted by Gasteiger charge is -2.50. The number of benzene rings is 2. The van der Waals surface area contributed by atoms with Crippen molar-refractivity contribution >= 4 is 81.2 Å². The van der Waals surface area contributed by atoms with Crippen molar-refractivity contribution in [3.05, 3.63) is 90.6 Å². The molecule has 6 atom stereocenters. The van der Waals surface area contributed by atoms with E-state index in [9.17, 15) is 37.5 Å². The fourth-order valence-electron chi connectivity index (χ4n) is 9.08. The van der Waals surface area contributed by atoms with Crippen LogP contribution in [0.25, 0.3) is 0 Å². The average molecular weight is 942 g/mol. The molecule has 300 valence electrons. The molecule has 2 aliphatic heterocycles. The minimum absolute atomic E-state index is 0.0403. The summed E-state index contributed by atoms with van der Waals surface area (Å²) in [6.07, 6.45) is -1.09. The average Bonchev–Trinajstić information content (AvgIpc) is 3.53. The fourth-order valence-corrected chi connectivity index (χ4v) is 10.0. The number of hydrogen-bond acceptors (Lipinski definition) is 9. The molecule has 0 radical (unpaired) electrons. The van der Waals surface area contributed by atoms with Crippen LogP contribution in [-0.2, 0) is 35.6 Å². The molecule has 2 saturated heterocycles. The van der Waals surface area contributed by atoms with Crippen molar-refractivity contribution in [3.63, 3.8) is 0 Å². The molecule has 3 fully saturated rings. The molecule has 3 heterocycles. The normalized spacial score (nSPS) is 25.6. The number of anilines is 1. The van der Waals surface area contributed by atoms with Gasteiger partial charge in [0, 0.05) is 30.1 Å². The molecule has 2 aliphatic carbocycles. The number of pyridine rings is 1. The van der Waals surface area contributed by atoms with E-state index in [1.807, 2.05) is 28.7 Å². The summed E-state index contributed by atoms with van der Waals surface area (Å²) in [5, 5.41) is 20.4. The maximum atomic E-state index is 15.4. The quantitative estimate of drug-likeness (QED) is 0.0766. The number of fused-ring (bicyclic) bond motifs is 4. The van der Waals surface area contributed by atoms with E-state index in [2.05, 4.69) is 10.4 Å². The number of carbonyl (C=O) groups excluding carboxylic acids is 4. The Labute approximate surface area is 347 Å². The van der Waals surface area contributed by atoms with Crippen molar-refractivity contribution < 1.29 is 52.1 Å². The van der Waals surface area contributed by atoms with E-state index in [-0.39, 0.29) is 49.0 Å². The van der Waals surface area contributed by atoms with Crippen molar-refractivity contribution in [2.24, 2.45) is 23.7 Å². The molecule has 3 aromatic rings. The number of nitrogens with zero attached hydrogens (tertiary/aromatic N) is 3. The summed E-state index contributed by atoms with van der Waals surface area (Å²) in [6, 6.07) is 10.2. The number of phenols is 1. The zero-order valence-corrected chi connectivity index (χ0v) is 33.7. The second kappa shape index (κ2) is 15.4. The number of carboxylic acids is 1. The van der Waals surface area contributed by atoms with E-state index in [1.54, 1.807) is 36.4 Å². The second-order valence-electron chi connectivity index (χ2n) is 14.5. The lowest BCUT2D eigenvalue weighted by Crippen LogP contribution is -2.53. The topological polar surface area (TPSA) is 166 Å². The smallest absolute Gasteiger partial charge is 0.417 e. The number of carboxylic acid groups (broad SMARTS) is 1. The third kappa shape index (κ3) is 6.90. The van der Waals surface area contributed by atoms with Crippen molar-refractivity contribution in [1.82, 2.24) is 14.9 Å². The van der Waals surface area contributed by atoms with E-state index in [4.69, 9.17) is 33.0 Å². The molecule has 0 spiro atoms. The number of methoxy groups -OCH3 is 1. The predicted octanol–water partition coefficient (Wildman–Crippen LogP) is 7.36. The lowest BCUT2D eigenvalue weighted by molar-refractivity contribution is -0.141. The number of phenolic OH excluding ortho intramolecular Hbond substituents is 1. The highest BCUT2D eigenvalue weighted by atomic mass is 127. The summed E-state index contributed by atoms with van der Waals surface area (Å²) in [6.45, 7) is 0.0945. The summed E-state index contributed by atoms with van der Waals surface area (Å²) in [5.41, 5.74) is 1.12. The van der Waals surface area contributed by atoms with Crippen LogP contribution < -0.4 is 10.2 Å². The highest BCUT2D eigenvalue weighted by molar-refractivity contribution is 14.1. The Morgan fingerprint density at radius 2 is 1.75 bits per heavy atom. The first-order valence-electron chi connectivity index (χ1n) is 18.0. The van der Waals surface area contributed by atoms with Gasteiger partial charge >= 0.3 is 12.1 Å². The Kier molecular flexibility index (Phi) is 11.0. The van der Waals surface area contributed by atoms with Crippen molar-refractivity contribution in [1.29, 1.82) is 0 Å². The SMILES string of the molecule is COc1cc(C2C3=CCC4C(=O)N(CCCCCC(=O)O)C(=O)C4C3CC3C(=O)N(Nc4ncc(C(F)(F)F)cc4Cl)C(=O)C32c2ccc(Cl)cc2)cc(I)c1O. The number of unbranched alkanes of at least 4 members (excludes halogenated alkanes) is 2. The maximum Gasteiger partial charge on any atom is 0.417 e. The molecular formula is C39H34Cl2F3IN4O8. The standard InChI is InChI=1S/C39H34Cl2F3IN4O8/c1-57-28-14-18(13-27(45)32(28)52)31-22-10-11-23-30(36(55)48(34(23)53)12-4-2-3-5-29(50)51)24(22)16-25-35(54)49(37(56)38(25,31)19-6-8-21(40)9-7-19)47-33-26(41)15-20(17-46-33)39(42,43)44/h6-10,13-15,17,23-25,30-31,52H,2-5,11-12,16H2,1H3,(H,46,47)(H,50,51). The van der Waals surface area contributed by atoms with Gasteiger partial charge in [0.2, 0.25) is 11.8 Å². The number of amides is 4. The van der Waals surface area contributed by atoms with Crippen LogP contribution in [0.2, 0.25) is 10.0 Å². The fraction of sp³-hybridized carbons (Fsp3) is 0.385. The van der Waals surface area contributed by atoms with Crippen LogP contribution in [-0.4, -0.2) is 68.4 Å². The summed E-state index contributed by atoms with van der Waals surface area (Å²) in [4.78, 5) is 74.4. The molecule has 3 N–H and O–H groups in total. The van der Waals surface area contributed by atoms with Crippen molar-refractivity contribution in [2.45, 2.75) is 56.0 Å². The number of ether oxygens (including phenoxy) is 1. The van der Waals surface area contributed by atoms with Crippen LogP contribution in [0.15, 0.2) is 60.3 Å². The molecule has 1 saturated carbocycles. The van der Waals surface area contributed by atoms with Gasteiger partial charge in [-0.3, -0.25) is 34.3 Å². The number of rotatable bonds is 11. The van der Waals surface area contributed by atoms with Gasteiger partial charge in [0.05, 0.1) is 44.4 Å². The largest absolute Gasteiger partial charge is 0.504 e. The van der Waals surface area contributed by atoms with Crippen LogP contribution in [0.3, 0.4) is 0 Å². The minimum Gasteiger partial charge on any atom is -0.504 e. The number of allylic oxidation sites excluding steroid dienone is 2. The number of aromatic hydroxyl groups is 1. The van der Waals surface area contributed by atoms with Gasteiger partial charge < -0.3 is 14.9 Å². The second-order valence-corrected chi connectivity index (χ2v) is 16.5. The van der Waals surface area contributed by atoms with Crippen LogP contribution >= 0.6 is 45.8 Å². The van der Waals surface area contributed by atoms with Gasteiger partial charge in [0.1, 0.15) is 0 Å². The van der Waals surface area contributed by atoms with Gasteiger partial charge in [-0.15, -0.1) is 0 Å². The number of imide groups is 2. The number of aliphatic carboxylic acids is 1. The Balaban J connectivity index is 1.37. The highest BCUT2D eigenvalue weighted by Crippen LogP contribution is 2.64. The lowest BCUT2D eigenvalue weighted by atomic mass is 9.49. The van der Waals surface area contributed by atoms with Crippen molar-refractivity contribution in [2.75, 3.05) is 19.1 Å². The molecule has 6 unspecified atom stereocenters. The zero-order valence-electron chi connectivity index (χ0n) is 30.0. The molecule has 2 aromatic carbocycles. The number of aromatic nitrogens is 1. The van der Waals surface area contributed by atoms with Crippen LogP contribution in [0.4, 0.5) is 19.0 Å². The van der Waals surface area contributed by atoms with Crippen molar-refractivity contribution in [3.8, 4) is 11.5 Å². The van der Waals surface area contributed by atoms with Gasteiger partial charge in [0.25, 0.3) is 11.8 Å². The number of halogens is 6. The molecule has 4 aliphatic rings. The van der Waals surface area contributed by atoms with Crippen LogP contribution in [0, 0.1) is 27.2 Å². The molecule has 4 amide bonds. The Morgan fingerprint density at radius 1 is 1.04 bits per heavy atom. The van der Waals surface area contributed by atoms with Gasteiger partial charge in [-0.1, -0.05) is 53.4 Å². The molecule has 0 bridgehead atoms. The maximum absolute atomic E-state index is 15.4. The first-order valence-corrected chi connectivity index (χ1v) is 19.8. The Morgan fingerprint density at radius 3 is 2.40 bits per heavy atom. The van der Waals surface area contributed by atoms with E-state index >= 15 is 4.79 Å². The summed E-state index contributed by atoms with van der Waals surface area (Å²) < 4.78 is 46.4. The van der Waals surface area contributed by atoms with Crippen LogP contribution in [0.1, 0.15) is 61.1 Å². The first-order chi connectivity index (χ1) is 27.0. The Bertz CT molecular complexity index is 2220. The molecule has 18 heteroatoms. The summed E-state index contributed by atoms with van der Waals surface area (Å²) >= 11 is 14.5. The van der Waals surface area contributed by atoms with Gasteiger partial charge in [-0.2, -0.15) is 18.2 Å². The van der Waals surface area contributed by atoms with Gasteiger partial charge in [0.15, 0.2) is 17.3 Å². The van der Waals surface area contributed by atoms with Crippen LogP contribution in [0.5, 0.6) is 11.5 Å². The van der Waals surface area contributed by atoms with Gasteiger partial charge in [-0.25, -0.2) is 4.98 Å². The van der Waals surface area contributed by atoms with E-state index in [0.717, 1.165) is 0 Å². The number of alkyl halides is 3. The molecular weight excluding hydrogens is 907 g/mol. The highest BCUT2D eigenvalue weighted by Gasteiger charge is 2.70. The van der Waals surface area contributed by atoms with E-state index < -0.39 is 75.5 Å². The molecule has 12 nitrogen and oxygen atoms in total. The third-order valence-corrected chi connectivity index (χ3v) is 12.9. The molecule has 1 aromatic heterocycles. The summed E-state index contributed by atoms with van der Waals surface area (Å²) in [5.74, 6) is -8.39. The zero-order chi connectivity index (χ0) is 41.1. The van der Waals surface area contributed by atoms with Gasteiger partial charge in [-0.05, 0) is 95.7 Å². The number of carbonyl (C=O) groups is 5.